The molecule has 0 bridgehead atoms. The van der Waals surface area contributed by atoms with Crippen LogP contribution in [0.1, 0.15) is 5.76 Å². The number of benzene rings is 1. The molecule has 4 heteroatoms. The highest BCUT2D eigenvalue weighted by Crippen LogP contribution is 2.16. The molecule has 17 heavy (non-hydrogen) atoms. The van der Waals surface area contributed by atoms with E-state index in [1.165, 1.54) is 0 Å². The Morgan fingerprint density at radius 3 is 2.94 bits per heavy atom. The predicted octanol–water partition coefficient (Wildman–Crippen LogP) is 2.08. The fourth-order valence-electron chi connectivity index (χ4n) is 1.49. The maximum Gasteiger partial charge on any atom is 0.157 e. The minimum Gasteiger partial charge on any atom is -0.488 e. The number of rotatable bonds is 6. The van der Waals surface area contributed by atoms with Gasteiger partial charge in [-0.05, 0) is 30.3 Å². The zero-order valence-electron chi connectivity index (χ0n) is 9.43. The van der Waals surface area contributed by atoms with Gasteiger partial charge in [0.15, 0.2) is 5.76 Å². The first-order valence-electron chi connectivity index (χ1n) is 5.57. The minimum absolute atomic E-state index is 0.654. The Morgan fingerprint density at radius 2 is 2.18 bits per heavy atom. The molecule has 0 atom stereocenters. The van der Waals surface area contributed by atoms with Crippen molar-refractivity contribution in [2.45, 2.75) is 6.54 Å². The van der Waals surface area contributed by atoms with Crippen LogP contribution in [0.3, 0.4) is 0 Å². The van der Waals surface area contributed by atoms with Crippen molar-refractivity contribution in [3.05, 3.63) is 53.4 Å². The van der Waals surface area contributed by atoms with Crippen molar-refractivity contribution in [1.82, 2.24) is 0 Å². The molecule has 0 aliphatic carbocycles. The van der Waals surface area contributed by atoms with Crippen molar-refractivity contribution in [2.75, 3.05) is 13.2 Å². The average Bonchev–Trinajstić information content (AvgIpc) is 2.82. The lowest BCUT2D eigenvalue weighted by molar-refractivity contribution is -0.672. The number of ether oxygens (including phenoxy) is 1. The fraction of sp³-hybridized carbons (Fsp3) is 0.231. The van der Waals surface area contributed by atoms with Gasteiger partial charge in [-0.1, -0.05) is 17.7 Å². The fourth-order valence-corrected chi connectivity index (χ4v) is 1.67. The zero-order chi connectivity index (χ0) is 11.9. The molecular formula is C13H15ClNO2+. The summed E-state index contributed by atoms with van der Waals surface area (Å²) in [7, 11) is 0. The summed E-state index contributed by atoms with van der Waals surface area (Å²) in [6.07, 6.45) is 1.69. The molecule has 0 saturated heterocycles. The molecule has 0 aliphatic rings. The maximum absolute atomic E-state index is 5.85. The standard InChI is InChI=1S/C13H14ClNO2/c14-11-3-1-4-12(9-11)17-8-6-15-10-13-5-2-7-16-13/h1-5,7,9,15H,6,8,10H2/p+1. The third-order valence-corrected chi connectivity index (χ3v) is 2.55. The van der Waals surface area contributed by atoms with Crippen molar-refractivity contribution in [3.63, 3.8) is 0 Å². The number of furan rings is 1. The largest absolute Gasteiger partial charge is 0.488 e. The molecule has 0 spiro atoms. The Bertz CT molecular complexity index is 442. The topological polar surface area (TPSA) is 39.0 Å². The summed E-state index contributed by atoms with van der Waals surface area (Å²) >= 11 is 5.85. The molecular weight excluding hydrogens is 238 g/mol. The monoisotopic (exact) mass is 252 g/mol. The van der Waals surface area contributed by atoms with Crippen LogP contribution in [0.15, 0.2) is 47.1 Å². The summed E-state index contributed by atoms with van der Waals surface area (Å²) in [6.45, 7) is 2.38. The van der Waals surface area contributed by atoms with E-state index in [1.807, 2.05) is 36.4 Å². The van der Waals surface area contributed by atoms with Gasteiger partial charge in [0.05, 0.1) is 6.26 Å². The smallest absolute Gasteiger partial charge is 0.157 e. The van der Waals surface area contributed by atoms with Crippen LogP contribution in [0, 0.1) is 0 Å². The lowest BCUT2D eigenvalue weighted by Gasteiger charge is -2.05. The lowest BCUT2D eigenvalue weighted by Crippen LogP contribution is -2.83. The molecule has 1 aromatic carbocycles. The predicted molar refractivity (Wildman–Crippen MR) is 66.2 cm³/mol. The van der Waals surface area contributed by atoms with Crippen molar-refractivity contribution >= 4 is 11.6 Å². The molecule has 0 radical (unpaired) electrons. The first-order chi connectivity index (χ1) is 8.34. The van der Waals surface area contributed by atoms with Crippen LogP contribution in [0.25, 0.3) is 0 Å². The first kappa shape index (κ1) is 12.0. The third kappa shape index (κ3) is 4.13. The van der Waals surface area contributed by atoms with Gasteiger partial charge in [0.1, 0.15) is 25.4 Å². The summed E-state index contributed by atoms with van der Waals surface area (Å²) in [5, 5.41) is 2.84. The van der Waals surface area contributed by atoms with Gasteiger partial charge in [-0.2, -0.15) is 0 Å². The van der Waals surface area contributed by atoms with Crippen molar-refractivity contribution < 1.29 is 14.5 Å². The van der Waals surface area contributed by atoms with Crippen LogP contribution in [-0.2, 0) is 6.54 Å². The molecule has 0 unspecified atom stereocenters. The van der Waals surface area contributed by atoms with Crippen molar-refractivity contribution in [2.24, 2.45) is 0 Å². The van der Waals surface area contributed by atoms with E-state index >= 15 is 0 Å². The number of quaternary nitrogens is 1. The second-order valence-electron chi connectivity index (χ2n) is 3.67. The molecule has 3 nitrogen and oxygen atoms in total. The summed E-state index contributed by atoms with van der Waals surface area (Å²) in [5.41, 5.74) is 0. The van der Waals surface area contributed by atoms with E-state index in [0.717, 1.165) is 24.6 Å². The van der Waals surface area contributed by atoms with Crippen LogP contribution in [0.2, 0.25) is 5.02 Å². The molecule has 0 amide bonds. The van der Waals surface area contributed by atoms with Gasteiger partial charge < -0.3 is 14.5 Å². The Hall–Kier alpha value is -1.45. The van der Waals surface area contributed by atoms with Gasteiger partial charge in [0, 0.05) is 5.02 Å². The van der Waals surface area contributed by atoms with Gasteiger partial charge >= 0.3 is 0 Å². The van der Waals surface area contributed by atoms with E-state index in [4.69, 9.17) is 20.8 Å². The maximum atomic E-state index is 5.85. The lowest BCUT2D eigenvalue weighted by atomic mass is 10.3. The summed E-state index contributed by atoms with van der Waals surface area (Å²) in [5.74, 6) is 1.79. The SMILES string of the molecule is Clc1cccc(OCC[NH2+]Cc2ccco2)c1. The van der Waals surface area contributed by atoms with E-state index in [1.54, 1.807) is 6.26 Å². The Balaban J connectivity index is 1.63. The normalized spacial score (nSPS) is 10.4. The van der Waals surface area contributed by atoms with Gasteiger partial charge in [-0.3, -0.25) is 0 Å². The Labute approximate surface area is 105 Å². The van der Waals surface area contributed by atoms with Crippen molar-refractivity contribution in [1.29, 1.82) is 0 Å². The van der Waals surface area contributed by atoms with Crippen molar-refractivity contribution in [3.8, 4) is 5.75 Å². The second-order valence-corrected chi connectivity index (χ2v) is 4.10. The zero-order valence-corrected chi connectivity index (χ0v) is 10.2. The van der Waals surface area contributed by atoms with Crippen LogP contribution >= 0.6 is 11.6 Å². The van der Waals surface area contributed by atoms with E-state index in [9.17, 15) is 0 Å². The molecule has 1 heterocycles. The van der Waals surface area contributed by atoms with E-state index < -0.39 is 0 Å². The Kier molecular flexibility index (Phi) is 4.47. The number of nitrogens with two attached hydrogens (primary N) is 1. The average molecular weight is 253 g/mol. The molecule has 2 rings (SSSR count). The highest BCUT2D eigenvalue weighted by Gasteiger charge is 1.99. The quantitative estimate of drug-likeness (QED) is 0.800. The molecule has 1 aromatic heterocycles. The van der Waals surface area contributed by atoms with Crippen LogP contribution in [0.5, 0.6) is 5.75 Å². The first-order valence-corrected chi connectivity index (χ1v) is 5.95. The van der Waals surface area contributed by atoms with Gasteiger partial charge in [-0.15, -0.1) is 0 Å². The summed E-state index contributed by atoms with van der Waals surface area (Å²) in [4.78, 5) is 0. The second kappa shape index (κ2) is 6.33. The third-order valence-electron chi connectivity index (χ3n) is 2.31. The van der Waals surface area contributed by atoms with Gasteiger partial charge in [0.25, 0.3) is 0 Å². The molecule has 2 N–H and O–H groups in total. The van der Waals surface area contributed by atoms with Crippen LogP contribution < -0.4 is 10.1 Å². The molecule has 0 saturated carbocycles. The van der Waals surface area contributed by atoms with E-state index in [-0.39, 0.29) is 0 Å². The van der Waals surface area contributed by atoms with E-state index in [0.29, 0.717) is 11.6 Å². The van der Waals surface area contributed by atoms with Gasteiger partial charge in [0.2, 0.25) is 0 Å². The number of hydrogen-bond donors (Lipinski definition) is 1. The highest BCUT2D eigenvalue weighted by atomic mass is 35.5. The number of hydrogen-bond acceptors (Lipinski definition) is 2. The molecule has 0 aliphatic heterocycles. The van der Waals surface area contributed by atoms with Crippen LogP contribution in [-0.4, -0.2) is 13.2 Å². The molecule has 0 fully saturated rings. The molecule has 90 valence electrons. The van der Waals surface area contributed by atoms with Crippen LogP contribution in [0.4, 0.5) is 0 Å². The molecule has 2 aromatic rings. The van der Waals surface area contributed by atoms with E-state index in [2.05, 4.69) is 5.32 Å². The highest BCUT2D eigenvalue weighted by molar-refractivity contribution is 6.30. The number of halogens is 1. The van der Waals surface area contributed by atoms with Gasteiger partial charge in [-0.25, -0.2) is 0 Å². The Morgan fingerprint density at radius 1 is 1.24 bits per heavy atom. The summed E-state index contributed by atoms with van der Waals surface area (Å²) < 4.78 is 10.8. The minimum atomic E-state index is 0.654. The summed E-state index contributed by atoms with van der Waals surface area (Å²) in [6, 6.07) is 11.3.